The maximum atomic E-state index is 11.6. The second-order valence-corrected chi connectivity index (χ2v) is 5.73. The molecule has 0 fully saturated rings. The first-order valence-electron chi connectivity index (χ1n) is 6.63. The smallest absolute Gasteiger partial charge is 0.321 e. The highest BCUT2D eigenvalue weighted by Gasteiger charge is 2.21. The number of phenolic OH excluding ortho intramolecular Hbond substituents is 1. The molecule has 1 aromatic rings. The first kappa shape index (κ1) is 17.0. The molecule has 0 saturated carbocycles. The average molecular weight is 295 g/mol. The number of aliphatic carboxylic acids is 1. The van der Waals surface area contributed by atoms with E-state index in [2.05, 4.69) is 5.32 Å². The molecule has 6 heteroatoms. The molecular weight excluding hydrogens is 274 g/mol. The molecule has 0 aliphatic carbocycles. The van der Waals surface area contributed by atoms with Gasteiger partial charge in [-0.25, -0.2) is 0 Å². The normalized spacial score (nSPS) is 12.7. The highest BCUT2D eigenvalue weighted by molar-refractivity contribution is 5.76. The zero-order valence-corrected chi connectivity index (χ0v) is 12.4. The summed E-state index contributed by atoms with van der Waals surface area (Å²) in [5.74, 6) is -1.43. The minimum atomic E-state index is -1.05. The van der Waals surface area contributed by atoms with Gasteiger partial charge in [-0.05, 0) is 44.9 Å². The Balaban J connectivity index is 2.56. The Morgan fingerprint density at radius 1 is 1.24 bits per heavy atom. The molecule has 0 saturated heterocycles. The first-order valence-corrected chi connectivity index (χ1v) is 6.63. The van der Waals surface area contributed by atoms with Crippen LogP contribution in [0.15, 0.2) is 24.3 Å². The molecule has 0 aliphatic rings. The van der Waals surface area contributed by atoms with E-state index in [1.54, 1.807) is 32.9 Å². The van der Waals surface area contributed by atoms with Crippen LogP contribution in [0.2, 0.25) is 0 Å². The number of carbonyl (C=O) groups excluding carboxylic acids is 1. The zero-order chi connectivity index (χ0) is 16.0. The molecule has 0 spiro atoms. The van der Waals surface area contributed by atoms with E-state index in [0.29, 0.717) is 0 Å². The summed E-state index contributed by atoms with van der Waals surface area (Å²) in [7, 11) is 0. The lowest BCUT2D eigenvalue weighted by Gasteiger charge is -2.20. The van der Waals surface area contributed by atoms with Gasteiger partial charge in [0.05, 0.1) is 6.54 Å². The van der Waals surface area contributed by atoms with Crippen molar-refractivity contribution in [2.24, 2.45) is 0 Å². The molecule has 0 bridgehead atoms. The fourth-order valence-corrected chi connectivity index (χ4v) is 1.70. The van der Waals surface area contributed by atoms with Crippen LogP contribution >= 0.6 is 0 Å². The van der Waals surface area contributed by atoms with Crippen LogP contribution < -0.4 is 5.32 Å². The molecule has 1 aromatic carbocycles. The standard InChI is InChI=1S/C15H21NO5/c1-15(2,3)21-13(18)9-16-12(14(19)20)8-10-4-6-11(17)7-5-10/h4-7,12,16-17H,8-9H2,1-3H3,(H,19,20)/t12-/m0/s1. The van der Waals surface area contributed by atoms with E-state index in [1.807, 2.05) is 0 Å². The van der Waals surface area contributed by atoms with Gasteiger partial charge in [-0.3, -0.25) is 14.9 Å². The molecule has 0 aliphatic heterocycles. The third kappa shape index (κ3) is 6.76. The highest BCUT2D eigenvalue weighted by atomic mass is 16.6. The van der Waals surface area contributed by atoms with Crippen LogP contribution in [-0.4, -0.2) is 40.3 Å². The van der Waals surface area contributed by atoms with Crippen molar-refractivity contribution in [3.8, 4) is 5.75 Å². The molecule has 1 rings (SSSR count). The number of benzene rings is 1. The van der Waals surface area contributed by atoms with E-state index in [-0.39, 0.29) is 18.7 Å². The Morgan fingerprint density at radius 3 is 2.29 bits per heavy atom. The Morgan fingerprint density at radius 2 is 1.81 bits per heavy atom. The number of carbonyl (C=O) groups is 2. The van der Waals surface area contributed by atoms with E-state index in [9.17, 15) is 19.8 Å². The van der Waals surface area contributed by atoms with Crippen LogP contribution in [0, 0.1) is 0 Å². The van der Waals surface area contributed by atoms with Gasteiger partial charge in [0.15, 0.2) is 0 Å². The molecule has 3 N–H and O–H groups in total. The van der Waals surface area contributed by atoms with Crippen molar-refractivity contribution in [1.29, 1.82) is 0 Å². The Hall–Kier alpha value is -2.08. The van der Waals surface area contributed by atoms with Crippen LogP contribution in [0.1, 0.15) is 26.3 Å². The van der Waals surface area contributed by atoms with Crippen molar-refractivity contribution < 1.29 is 24.5 Å². The molecule has 21 heavy (non-hydrogen) atoms. The number of rotatable bonds is 6. The van der Waals surface area contributed by atoms with E-state index < -0.39 is 23.6 Å². The molecule has 0 aromatic heterocycles. The van der Waals surface area contributed by atoms with E-state index in [0.717, 1.165) is 5.56 Å². The minimum Gasteiger partial charge on any atom is -0.508 e. The Labute approximate surface area is 123 Å². The summed E-state index contributed by atoms with van der Waals surface area (Å²) < 4.78 is 5.11. The predicted octanol–water partition coefficient (Wildman–Crippen LogP) is 1.32. The average Bonchev–Trinajstić information content (AvgIpc) is 2.34. The van der Waals surface area contributed by atoms with Crippen molar-refractivity contribution in [2.45, 2.75) is 38.8 Å². The summed E-state index contributed by atoms with van der Waals surface area (Å²) in [6, 6.07) is 5.35. The zero-order valence-electron chi connectivity index (χ0n) is 12.4. The maximum absolute atomic E-state index is 11.6. The fraction of sp³-hybridized carbons (Fsp3) is 0.467. The van der Waals surface area contributed by atoms with Gasteiger partial charge in [0.1, 0.15) is 17.4 Å². The fourth-order valence-electron chi connectivity index (χ4n) is 1.70. The van der Waals surface area contributed by atoms with Crippen LogP contribution in [0.25, 0.3) is 0 Å². The topological polar surface area (TPSA) is 95.9 Å². The van der Waals surface area contributed by atoms with Crippen molar-refractivity contribution in [2.75, 3.05) is 6.54 Å². The summed E-state index contributed by atoms with van der Waals surface area (Å²) in [6.07, 6.45) is 0.207. The van der Waals surface area contributed by atoms with Crippen molar-refractivity contribution in [3.63, 3.8) is 0 Å². The molecule has 0 heterocycles. The van der Waals surface area contributed by atoms with E-state index >= 15 is 0 Å². The Bertz CT molecular complexity index is 490. The van der Waals surface area contributed by atoms with Gasteiger partial charge in [-0.15, -0.1) is 0 Å². The summed E-state index contributed by atoms with van der Waals surface area (Å²) in [6.45, 7) is 5.06. The third-order valence-corrected chi connectivity index (χ3v) is 2.59. The molecule has 0 unspecified atom stereocenters. The number of aromatic hydroxyl groups is 1. The molecule has 0 radical (unpaired) electrons. The van der Waals surface area contributed by atoms with Gasteiger partial charge in [0.2, 0.25) is 0 Å². The lowest BCUT2D eigenvalue weighted by atomic mass is 10.1. The molecule has 116 valence electrons. The van der Waals surface area contributed by atoms with Crippen molar-refractivity contribution >= 4 is 11.9 Å². The number of nitrogens with one attached hydrogen (secondary N) is 1. The third-order valence-electron chi connectivity index (χ3n) is 2.59. The second kappa shape index (κ2) is 7.08. The molecular formula is C15H21NO5. The lowest BCUT2D eigenvalue weighted by Crippen LogP contribution is -2.42. The van der Waals surface area contributed by atoms with Crippen LogP contribution in [-0.2, 0) is 20.7 Å². The van der Waals surface area contributed by atoms with E-state index in [1.165, 1.54) is 12.1 Å². The van der Waals surface area contributed by atoms with Gasteiger partial charge >= 0.3 is 11.9 Å². The summed E-state index contributed by atoms with van der Waals surface area (Å²) in [4.78, 5) is 22.8. The number of phenols is 1. The Kier molecular flexibility index (Phi) is 5.72. The summed E-state index contributed by atoms with van der Waals surface area (Å²) in [5, 5.41) is 21.0. The van der Waals surface area contributed by atoms with Crippen molar-refractivity contribution in [3.05, 3.63) is 29.8 Å². The number of carboxylic acids is 1. The quantitative estimate of drug-likeness (QED) is 0.685. The van der Waals surface area contributed by atoms with Gasteiger partial charge in [-0.2, -0.15) is 0 Å². The first-order chi connectivity index (χ1) is 9.67. The number of carboxylic acid groups (broad SMARTS) is 1. The second-order valence-electron chi connectivity index (χ2n) is 5.73. The number of ether oxygens (including phenoxy) is 1. The minimum absolute atomic E-state index is 0.118. The number of hydrogen-bond acceptors (Lipinski definition) is 5. The largest absolute Gasteiger partial charge is 0.508 e. The van der Waals surface area contributed by atoms with Gasteiger partial charge in [0, 0.05) is 0 Å². The SMILES string of the molecule is CC(C)(C)OC(=O)CN[C@@H](Cc1ccc(O)cc1)C(=O)O. The summed E-state index contributed by atoms with van der Waals surface area (Å²) in [5.41, 5.74) is 0.144. The van der Waals surface area contributed by atoms with Gasteiger partial charge in [0.25, 0.3) is 0 Å². The lowest BCUT2D eigenvalue weighted by molar-refractivity contribution is -0.154. The number of esters is 1. The van der Waals surface area contributed by atoms with Crippen molar-refractivity contribution in [1.82, 2.24) is 5.32 Å². The van der Waals surface area contributed by atoms with E-state index in [4.69, 9.17) is 4.74 Å². The molecule has 0 amide bonds. The van der Waals surface area contributed by atoms with Crippen LogP contribution in [0.3, 0.4) is 0 Å². The molecule has 6 nitrogen and oxygen atoms in total. The van der Waals surface area contributed by atoms with Crippen LogP contribution in [0.4, 0.5) is 0 Å². The summed E-state index contributed by atoms with van der Waals surface area (Å²) >= 11 is 0. The monoisotopic (exact) mass is 295 g/mol. The van der Waals surface area contributed by atoms with Crippen LogP contribution in [0.5, 0.6) is 5.75 Å². The maximum Gasteiger partial charge on any atom is 0.321 e. The highest BCUT2D eigenvalue weighted by Crippen LogP contribution is 2.11. The molecule has 1 atom stereocenters. The van der Waals surface area contributed by atoms with Gasteiger partial charge < -0.3 is 14.9 Å². The van der Waals surface area contributed by atoms with Gasteiger partial charge in [-0.1, -0.05) is 12.1 Å². The predicted molar refractivity (Wildman–Crippen MR) is 77.1 cm³/mol. The number of hydrogen-bond donors (Lipinski definition) is 3.